The Kier molecular flexibility index (Phi) is 11.3. The molecule has 3 aromatic carbocycles. The van der Waals surface area contributed by atoms with Crippen molar-refractivity contribution in [2.75, 3.05) is 23.7 Å². The van der Waals surface area contributed by atoms with Crippen LogP contribution in [0.25, 0.3) is 0 Å². The topological polar surface area (TPSA) is 91.0 Å². The lowest BCUT2D eigenvalue weighted by atomic mass is 10.1. The van der Waals surface area contributed by atoms with E-state index in [4.69, 9.17) is 4.74 Å². The van der Waals surface area contributed by atoms with E-state index in [-0.39, 0.29) is 11.8 Å². The molecule has 0 heterocycles. The molecule has 0 unspecified atom stereocenters. The predicted molar refractivity (Wildman–Crippen MR) is 169 cm³/mol. The van der Waals surface area contributed by atoms with Crippen molar-refractivity contribution in [2.45, 2.75) is 72.7 Å². The standard InChI is InChI=1S/C34H44N4O4/c1-24(2)38(25(3)4)22-21-37(23-26-13-9-8-10-14-26)32(40)28-19-17-27(18-20-28)31(39)35-29-15-11-12-16-30(29)36-33(41)42-34(5,6)7/h8-20,24-25H,21-23H2,1-7H3,(H,35,39)(H,36,41). The van der Waals surface area contributed by atoms with Gasteiger partial charge in [-0.15, -0.1) is 0 Å². The predicted octanol–water partition coefficient (Wildman–Crippen LogP) is 7.05. The van der Waals surface area contributed by atoms with E-state index in [0.29, 0.717) is 47.7 Å². The number of amides is 3. The Morgan fingerprint density at radius 2 is 1.24 bits per heavy atom. The van der Waals surface area contributed by atoms with Crippen LogP contribution in [0.15, 0.2) is 78.9 Å². The van der Waals surface area contributed by atoms with Crippen molar-refractivity contribution < 1.29 is 19.1 Å². The zero-order valence-corrected chi connectivity index (χ0v) is 25.8. The van der Waals surface area contributed by atoms with Crippen LogP contribution in [-0.2, 0) is 11.3 Å². The molecule has 3 aromatic rings. The van der Waals surface area contributed by atoms with E-state index in [1.54, 1.807) is 69.3 Å². The van der Waals surface area contributed by atoms with Crippen LogP contribution in [0.1, 0.15) is 74.7 Å². The van der Waals surface area contributed by atoms with Gasteiger partial charge in [0, 0.05) is 42.8 Å². The van der Waals surface area contributed by atoms with Gasteiger partial charge in [0.2, 0.25) is 0 Å². The number of benzene rings is 3. The van der Waals surface area contributed by atoms with Gasteiger partial charge >= 0.3 is 6.09 Å². The average Bonchev–Trinajstić information content (AvgIpc) is 2.92. The highest BCUT2D eigenvalue weighted by molar-refractivity contribution is 6.07. The van der Waals surface area contributed by atoms with Gasteiger partial charge < -0.3 is 15.0 Å². The number of rotatable bonds is 11. The van der Waals surface area contributed by atoms with Gasteiger partial charge in [0.1, 0.15) is 5.60 Å². The third-order valence-electron chi connectivity index (χ3n) is 6.66. The Hall–Kier alpha value is -4.17. The SMILES string of the molecule is CC(C)N(CCN(Cc1ccccc1)C(=O)c1ccc(C(=O)Nc2ccccc2NC(=O)OC(C)(C)C)cc1)C(C)C. The summed E-state index contributed by atoms with van der Waals surface area (Å²) in [6.07, 6.45) is -0.614. The molecule has 0 aliphatic rings. The molecule has 224 valence electrons. The monoisotopic (exact) mass is 572 g/mol. The maximum Gasteiger partial charge on any atom is 0.412 e. The second-order valence-electron chi connectivity index (χ2n) is 11.8. The molecule has 8 nitrogen and oxygen atoms in total. The van der Waals surface area contributed by atoms with E-state index in [0.717, 1.165) is 12.1 Å². The summed E-state index contributed by atoms with van der Waals surface area (Å²) >= 11 is 0. The molecule has 0 fully saturated rings. The van der Waals surface area contributed by atoms with E-state index in [1.165, 1.54) is 0 Å². The quantitative estimate of drug-likeness (QED) is 0.257. The van der Waals surface area contributed by atoms with E-state index < -0.39 is 11.7 Å². The number of anilines is 2. The van der Waals surface area contributed by atoms with E-state index in [2.05, 4.69) is 43.2 Å². The summed E-state index contributed by atoms with van der Waals surface area (Å²) in [6, 6.07) is 24.2. The smallest absolute Gasteiger partial charge is 0.412 e. The maximum absolute atomic E-state index is 13.7. The number of carbonyl (C=O) groups excluding carboxylic acids is 3. The van der Waals surface area contributed by atoms with Crippen molar-refractivity contribution in [2.24, 2.45) is 0 Å². The number of hydrogen-bond donors (Lipinski definition) is 2. The third-order valence-corrected chi connectivity index (χ3v) is 6.66. The summed E-state index contributed by atoms with van der Waals surface area (Å²) < 4.78 is 5.33. The van der Waals surface area contributed by atoms with Crippen molar-refractivity contribution in [3.05, 3.63) is 95.6 Å². The molecule has 42 heavy (non-hydrogen) atoms. The Labute approximate surface area is 250 Å². The molecule has 0 saturated heterocycles. The fourth-order valence-electron chi connectivity index (χ4n) is 4.66. The van der Waals surface area contributed by atoms with Crippen molar-refractivity contribution in [3.8, 4) is 0 Å². The van der Waals surface area contributed by atoms with Crippen molar-refractivity contribution in [3.63, 3.8) is 0 Å². The highest BCUT2D eigenvalue weighted by Crippen LogP contribution is 2.23. The normalized spacial score (nSPS) is 11.5. The zero-order chi connectivity index (χ0) is 30.9. The number of nitrogens with zero attached hydrogens (tertiary/aromatic N) is 2. The summed E-state index contributed by atoms with van der Waals surface area (Å²) in [7, 11) is 0. The lowest BCUT2D eigenvalue weighted by molar-refractivity contribution is 0.0634. The maximum atomic E-state index is 13.7. The summed E-state index contributed by atoms with van der Waals surface area (Å²) in [5, 5.41) is 5.53. The van der Waals surface area contributed by atoms with Gasteiger partial charge in [-0.25, -0.2) is 4.79 Å². The summed E-state index contributed by atoms with van der Waals surface area (Å²) in [5.74, 6) is -0.455. The number of hydrogen-bond acceptors (Lipinski definition) is 5. The van der Waals surface area contributed by atoms with Gasteiger partial charge in [-0.2, -0.15) is 0 Å². The first-order valence-electron chi connectivity index (χ1n) is 14.4. The van der Waals surface area contributed by atoms with Gasteiger partial charge in [-0.1, -0.05) is 42.5 Å². The molecular formula is C34H44N4O4. The molecule has 0 radical (unpaired) electrons. The Bertz CT molecular complexity index is 1320. The Morgan fingerprint density at radius 1 is 0.714 bits per heavy atom. The molecule has 8 heteroatoms. The summed E-state index contributed by atoms with van der Waals surface area (Å²) in [4.78, 5) is 43.3. The molecular weight excluding hydrogens is 528 g/mol. The van der Waals surface area contributed by atoms with Gasteiger partial charge in [0.15, 0.2) is 0 Å². The largest absolute Gasteiger partial charge is 0.444 e. The van der Waals surface area contributed by atoms with Crippen LogP contribution in [0.2, 0.25) is 0 Å². The highest BCUT2D eigenvalue weighted by Gasteiger charge is 2.21. The second-order valence-corrected chi connectivity index (χ2v) is 11.8. The molecule has 0 atom stereocenters. The number of carbonyl (C=O) groups is 3. The second kappa shape index (κ2) is 14.6. The van der Waals surface area contributed by atoms with Crippen LogP contribution in [-0.4, -0.2) is 58.5 Å². The molecule has 0 aliphatic heterocycles. The van der Waals surface area contributed by atoms with Crippen LogP contribution in [0.4, 0.5) is 16.2 Å². The highest BCUT2D eigenvalue weighted by atomic mass is 16.6. The minimum Gasteiger partial charge on any atom is -0.444 e. The number of ether oxygens (including phenoxy) is 1. The van der Waals surface area contributed by atoms with Crippen LogP contribution < -0.4 is 10.6 Å². The number of para-hydroxylation sites is 2. The number of nitrogens with one attached hydrogen (secondary N) is 2. The molecule has 0 spiro atoms. The molecule has 0 bridgehead atoms. The summed E-state index contributed by atoms with van der Waals surface area (Å²) in [6.45, 7) is 15.8. The average molecular weight is 573 g/mol. The first-order chi connectivity index (χ1) is 19.8. The van der Waals surface area contributed by atoms with E-state index >= 15 is 0 Å². The van der Waals surface area contributed by atoms with Crippen LogP contribution >= 0.6 is 0 Å². The first-order valence-corrected chi connectivity index (χ1v) is 14.4. The Morgan fingerprint density at radius 3 is 1.79 bits per heavy atom. The fourth-order valence-corrected chi connectivity index (χ4v) is 4.66. The molecule has 0 aromatic heterocycles. The van der Waals surface area contributed by atoms with Crippen LogP contribution in [0.3, 0.4) is 0 Å². The third kappa shape index (κ3) is 9.73. The summed E-state index contributed by atoms with van der Waals surface area (Å²) in [5.41, 5.74) is 2.15. The van der Waals surface area contributed by atoms with Crippen molar-refractivity contribution >= 4 is 29.3 Å². The van der Waals surface area contributed by atoms with E-state index in [1.807, 2.05) is 35.2 Å². The van der Waals surface area contributed by atoms with Crippen molar-refractivity contribution in [1.29, 1.82) is 0 Å². The van der Waals surface area contributed by atoms with Crippen molar-refractivity contribution in [1.82, 2.24) is 9.80 Å². The Balaban J connectivity index is 1.74. The van der Waals surface area contributed by atoms with E-state index in [9.17, 15) is 14.4 Å². The molecule has 0 saturated carbocycles. The molecule has 3 rings (SSSR count). The molecule has 0 aliphatic carbocycles. The lowest BCUT2D eigenvalue weighted by Crippen LogP contribution is -2.44. The van der Waals surface area contributed by atoms with Gasteiger partial charge in [-0.05, 0) is 90.4 Å². The fraction of sp³-hybridized carbons (Fsp3) is 0.382. The van der Waals surface area contributed by atoms with Gasteiger partial charge in [0.25, 0.3) is 11.8 Å². The van der Waals surface area contributed by atoms with Gasteiger partial charge in [0.05, 0.1) is 11.4 Å². The zero-order valence-electron chi connectivity index (χ0n) is 25.8. The van der Waals surface area contributed by atoms with Crippen LogP contribution in [0.5, 0.6) is 0 Å². The molecule has 3 amide bonds. The molecule has 2 N–H and O–H groups in total. The minimum atomic E-state index is -0.652. The minimum absolute atomic E-state index is 0.0924. The first kappa shape index (κ1) is 32.3. The van der Waals surface area contributed by atoms with Crippen LogP contribution in [0, 0.1) is 0 Å². The lowest BCUT2D eigenvalue weighted by Gasteiger charge is -2.33. The van der Waals surface area contributed by atoms with Gasteiger partial charge in [-0.3, -0.25) is 19.8 Å².